The van der Waals surface area contributed by atoms with Gasteiger partial charge < -0.3 is 19.9 Å². The molecule has 150 valence electrons. The third-order valence-electron chi connectivity index (χ3n) is 4.83. The number of aromatic amines is 1. The minimum absolute atomic E-state index is 0.225. The summed E-state index contributed by atoms with van der Waals surface area (Å²) in [4.78, 5) is 23.8. The minimum Gasteiger partial charge on any atom is -0.388 e. The highest BCUT2D eigenvalue weighted by molar-refractivity contribution is 7.72. The third kappa shape index (κ3) is 4.04. The van der Waals surface area contributed by atoms with E-state index in [0.717, 1.165) is 12.6 Å². The lowest BCUT2D eigenvalue weighted by Gasteiger charge is -2.20. The second kappa shape index (κ2) is 7.51. The molecule has 1 saturated heterocycles. The van der Waals surface area contributed by atoms with Crippen LogP contribution in [0.4, 0.5) is 0 Å². The van der Waals surface area contributed by atoms with Crippen LogP contribution in [0.15, 0.2) is 4.79 Å². The van der Waals surface area contributed by atoms with Gasteiger partial charge in [0.15, 0.2) is 17.4 Å². The quantitative estimate of drug-likeness (QED) is 0.630. The van der Waals surface area contributed by atoms with Crippen molar-refractivity contribution in [3.63, 3.8) is 0 Å². The molecular weight excluding hydrogens is 367 g/mol. The molecule has 27 heavy (non-hydrogen) atoms. The largest absolute Gasteiger partial charge is 0.388 e. The first-order chi connectivity index (χ1) is 12.6. The number of aromatic nitrogens is 4. The van der Waals surface area contributed by atoms with Crippen LogP contribution in [0.1, 0.15) is 37.6 Å². The summed E-state index contributed by atoms with van der Waals surface area (Å²) in [6.45, 7) is 6.70. The van der Waals surface area contributed by atoms with Gasteiger partial charge in [0, 0.05) is 6.42 Å². The number of nitrogens with zero attached hydrogens (tertiary/aromatic N) is 3. The number of fused-ring (bicyclic) bond motifs is 1. The Labute approximate surface area is 158 Å². The summed E-state index contributed by atoms with van der Waals surface area (Å²) in [5.41, 5.74) is 0.283. The number of ether oxygens (including phenoxy) is 1. The number of aryl methyl sites for hydroxylation is 2. The van der Waals surface area contributed by atoms with Gasteiger partial charge in [0.1, 0.15) is 23.9 Å². The Kier molecular flexibility index (Phi) is 5.64. The van der Waals surface area contributed by atoms with Gasteiger partial charge in [-0.2, -0.15) is 0 Å². The fraction of sp³-hybridized carbons (Fsp3) is 0.667. The average molecular weight is 396 g/mol. The molecule has 0 aliphatic carbocycles. The fourth-order valence-electron chi connectivity index (χ4n) is 3.46. The molecule has 0 bridgehead atoms. The molecule has 8 nitrogen and oxygen atoms in total. The van der Waals surface area contributed by atoms with Crippen molar-refractivity contribution in [3.05, 3.63) is 22.0 Å². The van der Waals surface area contributed by atoms with Crippen molar-refractivity contribution in [3.8, 4) is 0 Å². The van der Waals surface area contributed by atoms with Crippen molar-refractivity contribution in [2.75, 3.05) is 19.5 Å². The van der Waals surface area contributed by atoms with Gasteiger partial charge in [-0.05, 0) is 39.3 Å². The van der Waals surface area contributed by atoms with Gasteiger partial charge >= 0.3 is 0 Å². The van der Waals surface area contributed by atoms with E-state index in [2.05, 4.69) is 34.6 Å². The Hall–Kier alpha value is -1.47. The molecule has 0 aromatic carbocycles. The predicted octanol–water partition coefficient (Wildman–Crippen LogP) is 1.10. The van der Waals surface area contributed by atoms with Crippen molar-refractivity contribution in [2.24, 2.45) is 0 Å². The Morgan fingerprint density at radius 2 is 2.00 bits per heavy atom. The zero-order valence-corrected chi connectivity index (χ0v) is 17.2. The summed E-state index contributed by atoms with van der Waals surface area (Å²) < 4.78 is 7.74. The highest BCUT2D eigenvalue weighted by Gasteiger charge is 2.45. The summed E-state index contributed by atoms with van der Waals surface area (Å²) in [6, 6.07) is 0. The van der Waals surface area contributed by atoms with E-state index in [-0.39, 0.29) is 11.1 Å². The van der Waals surface area contributed by atoms with Gasteiger partial charge in [-0.25, -0.2) is 9.97 Å². The van der Waals surface area contributed by atoms with Gasteiger partial charge in [0.25, 0.3) is 5.56 Å². The van der Waals surface area contributed by atoms with Crippen LogP contribution >= 0.6 is 6.89 Å². The summed E-state index contributed by atoms with van der Waals surface area (Å²) >= 11 is 0. The number of imidazole rings is 1. The molecule has 0 spiro atoms. The van der Waals surface area contributed by atoms with E-state index in [9.17, 15) is 15.0 Å². The zero-order valence-electron chi connectivity index (χ0n) is 16.3. The Bertz CT molecular complexity index is 931. The molecule has 0 amide bonds. The molecular formula is C18H29N4O4P. The van der Waals surface area contributed by atoms with Crippen LogP contribution in [0.25, 0.3) is 11.2 Å². The molecule has 1 fully saturated rings. The molecule has 9 heteroatoms. The van der Waals surface area contributed by atoms with Crippen molar-refractivity contribution < 1.29 is 14.9 Å². The van der Waals surface area contributed by atoms with E-state index in [1.165, 1.54) is 0 Å². The molecule has 3 heterocycles. The second-order valence-corrected chi connectivity index (χ2v) is 12.3. The fourth-order valence-corrected chi connectivity index (χ4v) is 4.42. The molecule has 0 radical (unpaired) electrons. The Balaban J connectivity index is 2.02. The average Bonchev–Trinajstić information content (AvgIpc) is 3.04. The maximum Gasteiger partial charge on any atom is 0.279 e. The number of H-pyrrole nitrogens is 1. The molecule has 4 atom stereocenters. The standard InChI is InChI=1S/C18H29N4O4P/c1-6-7-12-21-13-16(19-10(2)20-17(13)25)22(12)18-15(24)14(23)11(26-18)8-9-27(3,4)5/h11,14-15,18,23-24H,3,6-9H2,1-2,4-5H3,(H,19,20,25)/t11-,14-,15-,18-/m1/s1. The van der Waals surface area contributed by atoms with Gasteiger partial charge in [0.05, 0.1) is 6.10 Å². The molecule has 3 rings (SSSR count). The van der Waals surface area contributed by atoms with Gasteiger partial charge in [-0.3, -0.25) is 9.36 Å². The number of hydrogen-bond donors (Lipinski definition) is 3. The lowest BCUT2D eigenvalue weighted by Crippen LogP contribution is -2.32. The van der Waals surface area contributed by atoms with Gasteiger partial charge in [-0.1, -0.05) is 6.92 Å². The Morgan fingerprint density at radius 1 is 1.30 bits per heavy atom. The van der Waals surface area contributed by atoms with E-state index in [1.54, 1.807) is 11.5 Å². The maximum atomic E-state index is 12.3. The summed E-state index contributed by atoms with van der Waals surface area (Å²) in [6.07, 6.45) is 3.68. The summed E-state index contributed by atoms with van der Waals surface area (Å²) in [5.74, 6) is 1.09. The van der Waals surface area contributed by atoms with E-state index >= 15 is 0 Å². The topological polar surface area (TPSA) is 113 Å². The highest BCUT2D eigenvalue weighted by Crippen LogP contribution is 2.40. The van der Waals surface area contributed by atoms with E-state index in [0.29, 0.717) is 30.1 Å². The molecule has 0 unspecified atom stereocenters. The number of rotatable bonds is 6. The minimum atomic E-state index is -1.27. The van der Waals surface area contributed by atoms with Crippen molar-refractivity contribution >= 4 is 24.3 Å². The van der Waals surface area contributed by atoms with Gasteiger partial charge in [0.2, 0.25) is 0 Å². The van der Waals surface area contributed by atoms with Crippen molar-refractivity contribution in [2.45, 2.75) is 57.6 Å². The summed E-state index contributed by atoms with van der Waals surface area (Å²) in [5, 5.41) is 21.2. The molecule has 1 aliphatic rings. The van der Waals surface area contributed by atoms with Crippen LogP contribution in [0, 0.1) is 6.92 Å². The first-order valence-corrected chi connectivity index (χ1v) is 12.3. The van der Waals surface area contributed by atoms with Crippen LogP contribution in [-0.2, 0) is 11.2 Å². The van der Waals surface area contributed by atoms with Crippen molar-refractivity contribution in [1.29, 1.82) is 0 Å². The van der Waals surface area contributed by atoms with E-state index in [4.69, 9.17) is 4.74 Å². The van der Waals surface area contributed by atoms with Crippen LogP contribution in [0.5, 0.6) is 0 Å². The lowest BCUT2D eigenvalue weighted by molar-refractivity contribution is -0.0368. The van der Waals surface area contributed by atoms with Crippen LogP contribution in [0.2, 0.25) is 0 Å². The Morgan fingerprint density at radius 3 is 2.63 bits per heavy atom. The lowest BCUT2D eigenvalue weighted by atomic mass is 10.1. The van der Waals surface area contributed by atoms with Crippen molar-refractivity contribution in [1.82, 2.24) is 19.5 Å². The van der Waals surface area contributed by atoms with E-state index in [1.807, 2.05) is 6.92 Å². The zero-order chi connectivity index (χ0) is 19.9. The first kappa shape index (κ1) is 20.3. The molecule has 2 aromatic rings. The number of hydrogen-bond acceptors (Lipinski definition) is 6. The predicted molar refractivity (Wildman–Crippen MR) is 108 cm³/mol. The highest BCUT2D eigenvalue weighted by atomic mass is 31.2. The number of aliphatic hydroxyl groups excluding tert-OH is 2. The first-order valence-electron chi connectivity index (χ1n) is 9.29. The molecule has 0 saturated carbocycles. The molecule has 3 N–H and O–H groups in total. The number of aliphatic hydroxyl groups is 2. The molecule has 1 aliphatic heterocycles. The third-order valence-corrected chi connectivity index (χ3v) is 6.30. The van der Waals surface area contributed by atoms with E-state index < -0.39 is 31.4 Å². The monoisotopic (exact) mass is 396 g/mol. The normalized spacial score (nSPS) is 26.1. The van der Waals surface area contributed by atoms with Crippen LogP contribution in [0.3, 0.4) is 0 Å². The smallest absolute Gasteiger partial charge is 0.279 e. The number of nitrogens with one attached hydrogen (secondary N) is 1. The summed E-state index contributed by atoms with van der Waals surface area (Å²) in [7, 11) is 0. The maximum absolute atomic E-state index is 12.3. The van der Waals surface area contributed by atoms with Crippen LogP contribution < -0.4 is 5.56 Å². The SMILES string of the molecule is C=P(C)(C)CC[C@H]1O[C@@H](n2c(CCC)nc3c(=O)[nH]c(C)nc32)[C@H](O)[C@@H]1O. The molecule has 2 aromatic heterocycles. The van der Waals surface area contributed by atoms with Gasteiger partial charge in [-0.15, -0.1) is 13.2 Å². The second-order valence-electron chi connectivity index (χ2n) is 7.97. The van der Waals surface area contributed by atoms with Crippen LogP contribution in [-0.4, -0.2) is 73.8 Å².